The Balaban J connectivity index is 2.91. The van der Waals surface area contributed by atoms with E-state index in [4.69, 9.17) is 9.63 Å². The van der Waals surface area contributed by atoms with Gasteiger partial charge in [0, 0.05) is 12.6 Å². The maximum atomic E-state index is 12.3. The van der Waals surface area contributed by atoms with E-state index in [1.807, 2.05) is 27.7 Å². The van der Waals surface area contributed by atoms with Crippen LogP contribution in [0.25, 0.3) is 0 Å². The van der Waals surface area contributed by atoms with Crippen molar-refractivity contribution in [1.82, 2.24) is 10.5 Å². The molecule has 1 rings (SSSR count). The molecule has 1 heterocycles. The first kappa shape index (κ1) is 15.7. The van der Waals surface area contributed by atoms with Gasteiger partial charge in [-0.1, -0.05) is 32.9 Å². The summed E-state index contributed by atoms with van der Waals surface area (Å²) < 4.78 is 5.07. The fourth-order valence-electron chi connectivity index (χ4n) is 2.03. The molecular formula is C14H24N2O3. The van der Waals surface area contributed by atoms with Gasteiger partial charge in [0.05, 0.1) is 5.69 Å². The summed E-state index contributed by atoms with van der Waals surface area (Å²) in [7, 11) is 0. The molecule has 0 radical (unpaired) electrons. The van der Waals surface area contributed by atoms with Gasteiger partial charge in [-0.3, -0.25) is 4.79 Å². The van der Waals surface area contributed by atoms with Crippen LogP contribution in [-0.2, 0) is 6.42 Å². The molecule has 1 unspecified atom stereocenters. The third kappa shape index (κ3) is 3.80. The third-order valence-electron chi connectivity index (χ3n) is 3.26. The highest BCUT2D eigenvalue weighted by molar-refractivity contribution is 5.96. The van der Waals surface area contributed by atoms with Gasteiger partial charge >= 0.3 is 0 Å². The topological polar surface area (TPSA) is 75.4 Å². The molecule has 0 spiro atoms. The minimum absolute atomic E-state index is 0.0471. The fraction of sp³-hybridized carbons (Fsp3) is 0.714. The molecule has 2 N–H and O–H groups in total. The first-order chi connectivity index (χ1) is 8.81. The van der Waals surface area contributed by atoms with Crippen molar-refractivity contribution in [3.63, 3.8) is 0 Å². The molecule has 0 fully saturated rings. The van der Waals surface area contributed by atoms with Crippen LogP contribution in [0.4, 0.5) is 0 Å². The third-order valence-corrected chi connectivity index (χ3v) is 3.26. The van der Waals surface area contributed by atoms with E-state index in [2.05, 4.69) is 10.5 Å². The van der Waals surface area contributed by atoms with E-state index in [9.17, 15) is 4.79 Å². The van der Waals surface area contributed by atoms with Crippen LogP contribution < -0.4 is 5.32 Å². The van der Waals surface area contributed by atoms with Crippen LogP contribution in [-0.4, -0.2) is 28.8 Å². The molecule has 1 atom stereocenters. The number of rotatable bonds is 5. The molecule has 1 aromatic heterocycles. The molecule has 1 aromatic rings. The van der Waals surface area contributed by atoms with Crippen LogP contribution in [0.5, 0.6) is 0 Å². The second-order valence-electron chi connectivity index (χ2n) is 5.82. The average Bonchev–Trinajstić information content (AvgIpc) is 2.68. The van der Waals surface area contributed by atoms with E-state index in [-0.39, 0.29) is 24.0 Å². The van der Waals surface area contributed by atoms with Crippen LogP contribution in [0, 0.1) is 12.3 Å². The standard InChI is InChI=1S/C14H24N2O3/c1-6-10-12(9(2)19-16-10)13(18)15-11(7-8-17)14(3,4)5/h11,17H,6-8H2,1-5H3,(H,15,18). The molecule has 0 aromatic carbocycles. The Morgan fingerprint density at radius 3 is 2.58 bits per heavy atom. The van der Waals surface area contributed by atoms with Crippen molar-refractivity contribution in [3.8, 4) is 0 Å². The number of aryl methyl sites for hydroxylation is 2. The number of hydrogen-bond donors (Lipinski definition) is 2. The summed E-state index contributed by atoms with van der Waals surface area (Å²) in [6, 6.07) is -0.0935. The lowest BCUT2D eigenvalue weighted by Crippen LogP contribution is -2.44. The van der Waals surface area contributed by atoms with Crippen molar-refractivity contribution < 1.29 is 14.4 Å². The predicted molar refractivity (Wildman–Crippen MR) is 73.0 cm³/mol. The van der Waals surface area contributed by atoms with E-state index in [0.717, 1.165) is 0 Å². The molecule has 0 saturated heterocycles. The number of aromatic nitrogens is 1. The van der Waals surface area contributed by atoms with Crippen LogP contribution in [0.3, 0.4) is 0 Å². The number of aliphatic hydroxyl groups is 1. The van der Waals surface area contributed by atoms with E-state index >= 15 is 0 Å². The lowest BCUT2D eigenvalue weighted by molar-refractivity contribution is 0.0883. The van der Waals surface area contributed by atoms with Gasteiger partial charge in [0.25, 0.3) is 5.91 Å². The second-order valence-corrected chi connectivity index (χ2v) is 5.82. The second kappa shape index (κ2) is 6.19. The summed E-state index contributed by atoms with van der Waals surface area (Å²) in [6.07, 6.45) is 1.18. The van der Waals surface area contributed by atoms with Gasteiger partial charge in [-0.2, -0.15) is 0 Å². The van der Waals surface area contributed by atoms with Gasteiger partial charge in [-0.25, -0.2) is 0 Å². The zero-order valence-electron chi connectivity index (χ0n) is 12.4. The molecule has 19 heavy (non-hydrogen) atoms. The Morgan fingerprint density at radius 2 is 2.11 bits per heavy atom. The van der Waals surface area contributed by atoms with Crippen molar-refractivity contribution in [1.29, 1.82) is 0 Å². The summed E-state index contributed by atoms with van der Waals surface area (Å²) >= 11 is 0. The van der Waals surface area contributed by atoms with Crippen molar-refractivity contribution in [2.75, 3.05) is 6.61 Å². The predicted octanol–water partition coefficient (Wildman–Crippen LogP) is 2.07. The van der Waals surface area contributed by atoms with Crippen LogP contribution >= 0.6 is 0 Å². The number of carbonyl (C=O) groups excluding carboxylic acids is 1. The molecule has 108 valence electrons. The van der Waals surface area contributed by atoms with E-state index in [1.54, 1.807) is 6.92 Å². The fourth-order valence-corrected chi connectivity index (χ4v) is 2.03. The van der Waals surface area contributed by atoms with Crippen molar-refractivity contribution in [3.05, 3.63) is 17.0 Å². The summed E-state index contributed by atoms with van der Waals surface area (Å²) in [4.78, 5) is 12.3. The van der Waals surface area contributed by atoms with Gasteiger partial charge in [-0.05, 0) is 25.2 Å². The Kier molecular flexibility index (Phi) is 5.11. The largest absolute Gasteiger partial charge is 0.396 e. The summed E-state index contributed by atoms with van der Waals surface area (Å²) in [5.74, 6) is 0.356. The van der Waals surface area contributed by atoms with Crippen LogP contribution in [0.15, 0.2) is 4.52 Å². The highest BCUT2D eigenvalue weighted by Crippen LogP contribution is 2.23. The first-order valence-corrected chi connectivity index (χ1v) is 6.68. The number of hydrogen-bond acceptors (Lipinski definition) is 4. The number of nitrogens with zero attached hydrogens (tertiary/aromatic N) is 1. The van der Waals surface area contributed by atoms with Gasteiger partial charge in [0.15, 0.2) is 0 Å². The monoisotopic (exact) mass is 268 g/mol. The Morgan fingerprint density at radius 1 is 1.47 bits per heavy atom. The maximum absolute atomic E-state index is 12.3. The minimum atomic E-state index is -0.177. The lowest BCUT2D eigenvalue weighted by Gasteiger charge is -2.31. The van der Waals surface area contributed by atoms with Gasteiger partial charge in [0.1, 0.15) is 11.3 Å². The van der Waals surface area contributed by atoms with Crippen LogP contribution in [0.1, 0.15) is 55.9 Å². The van der Waals surface area contributed by atoms with Gasteiger partial charge < -0.3 is 14.9 Å². The molecule has 0 saturated carbocycles. The molecule has 0 aliphatic rings. The number of carbonyl (C=O) groups is 1. The van der Waals surface area contributed by atoms with Crippen molar-refractivity contribution in [2.24, 2.45) is 5.41 Å². The highest BCUT2D eigenvalue weighted by atomic mass is 16.5. The normalized spacial score (nSPS) is 13.4. The highest BCUT2D eigenvalue weighted by Gasteiger charge is 2.28. The smallest absolute Gasteiger partial charge is 0.257 e. The number of nitrogens with one attached hydrogen (secondary N) is 1. The molecule has 5 nitrogen and oxygen atoms in total. The zero-order chi connectivity index (χ0) is 14.6. The van der Waals surface area contributed by atoms with E-state index in [1.165, 1.54) is 0 Å². The summed E-state index contributed by atoms with van der Waals surface area (Å²) in [6.45, 7) is 9.83. The Hall–Kier alpha value is -1.36. The molecule has 0 aliphatic heterocycles. The Labute approximate surface area is 114 Å². The lowest BCUT2D eigenvalue weighted by atomic mass is 9.84. The van der Waals surface area contributed by atoms with Crippen LogP contribution in [0.2, 0.25) is 0 Å². The molecule has 1 amide bonds. The Bertz CT molecular complexity index is 432. The van der Waals surface area contributed by atoms with E-state index < -0.39 is 0 Å². The van der Waals surface area contributed by atoms with Gasteiger partial charge in [0.2, 0.25) is 0 Å². The van der Waals surface area contributed by atoms with Gasteiger partial charge in [-0.15, -0.1) is 0 Å². The molecule has 0 bridgehead atoms. The summed E-state index contributed by atoms with van der Waals surface area (Å²) in [5.41, 5.74) is 1.08. The quantitative estimate of drug-likeness (QED) is 0.857. The van der Waals surface area contributed by atoms with E-state index in [0.29, 0.717) is 29.9 Å². The summed E-state index contributed by atoms with van der Waals surface area (Å²) in [5, 5.41) is 16.0. The maximum Gasteiger partial charge on any atom is 0.257 e. The van der Waals surface area contributed by atoms with Crippen molar-refractivity contribution in [2.45, 2.75) is 53.5 Å². The first-order valence-electron chi connectivity index (χ1n) is 6.68. The number of amides is 1. The average molecular weight is 268 g/mol. The molecule has 0 aliphatic carbocycles. The minimum Gasteiger partial charge on any atom is -0.396 e. The SMILES string of the molecule is CCc1noc(C)c1C(=O)NC(CCO)C(C)(C)C. The molecular weight excluding hydrogens is 244 g/mol. The molecule has 5 heteroatoms. The zero-order valence-corrected chi connectivity index (χ0v) is 12.4. The van der Waals surface area contributed by atoms with Crippen molar-refractivity contribution >= 4 is 5.91 Å². The number of aliphatic hydroxyl groups excluding tert-OH is 1.